The fourth-order valence-corrected chi connectivity index (χ4v) is 3.56. The molecule has 0 spiro atoms. The summed E-state index contributed by atoms with van der Waals surface area (Å²) in [6, 6.07) is 1.45. The zero-order valence-electron chi connectivity index (χ0n) is 9.92. The van der Waals surface area contributed by atoms with Crippen LogP contribution in [0.1, 0.15) is 0 Å². The summed E-state index contributed by atoms with van der Waals surface area (Å²) in [5.41, 5.74) is 0. The Balaban J connectivity index is 2.43. The number of morpholine rings is 1. The van der Waals surface area contributed by atoms with Crippen molar-refractivity contribution < 1.29 is 27.0 Å². The van der Waals surface area contributed by atoms with E-state index in [4.69, 9.17) is 9.84 Å². The van der Waals surface area contributed by atoms with Crippen LogP contribution in [0.15, 0.2) is 23.1 Å². The molecule has 1 aromatic carbocycles. The predicted molar refractivity (Wildman–Crippen MR) is 61.9 cm³/mol. The molecule has 5 nitrogen and oxygen atoms in total. The third-order valence-electron chi connectivity index (χ3n) is 2.86. The van der Waals surface area contributed by atoms with Gasteiger partial charge >= 0.3 is 0 Å². The van der Waals surface area contributed by atoms with E-state index in [-0.39, 0.29) is 19.8 Å². The van der Waals surface area contributed by atoms with Gasteiger partial charge in [-0.15, -0.1) is 0 Å². The molecule has 1 fully saturated rings. The smallest absolute Gasteiger partial charge is 0.246 e. The van der Waals surface area contributed by atoms with Crippen LogP contribution in [-0.4, -0.2) is 50.2 Å². The minimum atomic E-state index is -4.20. The van der Waals surface area contributed by atoms with Gasteiger partial charge in [-0.25, -0.2) is 17.2 Å². The van der Waals surface area contributed by atoms with Crippen molar-refractivity contribution >= 4 is 10.0 Å². The van der Waals surface area contributed by atoms with Gasteiger partial charge < -0.3 is 9.84 Å². The molecule has 1 aliphatic heterocycles. The molecule has 0 saturated carbocycles. The first-order chi connectivity index (χ1) is 8.96. The maximum Gasteiger partial charge on any atom is 0.246 e. The van der Waals surface area contributed by atoms with Crippen molar-refractivity contribution in [2.24, 2.45) is 0 Å². The molecule has 1 saturated heterocycles. The van der Waals surface area contributed by atoms with Crippen LogP contribution in [0.4, 0.5) is 8.78 Å². The molecule has 0 radical (unpaired) electrons. The maximum atomic E-state index is 13.6. The highest BCUT2D eigenvalue weighted by Crippen LogP contribution is 2.23. The lowest BCUT2D eigenvalue weighted by atomic mass is 10.3. The van der Waals surface area contributed by atoms with Crippen molar-refractivity contribution in [3.63, 3.8) is 0 Å². The number of hydrogen-bond donors (Lipinski definition) is 1. The molecule has 1 aliphatic rings. The number of aliphatic hydroxyl groups excluding tert-OH is 1. The van der Waals surface area contributed by atoms with Crippen molar-refractivity contribution in [1.29, 1.82) is 0 Å². The molecule has 0 bridgehead atoms. The van der Waals surface area contributed by atoms with Crippen LogP contribution in [0, 0.1) is 11.6 Å². The Morgan fingerprint density at radius 3 is 2.84 bits per heavy atom. The molecule has 0 aliphatic carbocycles. The Kier molecular flexibility index (Phi) is 4.14. The van der Waals surface area contributed by atoms with Crippen LogP contribution >= 0.6 is 0 Å². The monoisotopic (exact) mass is 293 g/mol. The SMILES string of the molecule is O=S(=O)(c1cc(F)ccc1F)N1CCOCC1CO. The molecule has 0 aromatic heterocycles. The molecule has 0 amide bonds. The lowest BCUT2D eigenvalue weighted by molar-refractivity contribution is 0.0108. The average Bonchev–Trinajstić information content (AvgIpc) is 2.41. The number of rotatable bonds is 3. The summed E-state index contributed by atoms with van der Waals surface area (Å²) in [5.74, 6) is -1.86. The number of hydrogen-bond acceptors (Lipinski definition) is 4. The highest BCUT2D eigenvalue weighted by atomic mass is 32.2. The number of ether oxygens (including phenoxy) is 1. The Morgan fingerprint density at radius 1 is 1.42 bits per heavy atom. The second kappa shape index (κ2) is 5.49. The first-order valence-corrected chi connectivity index (χ1v) is 7.06. The van der Waals surface area contributed by atoms with Crippen LogP contribution in [0.5, 0.6) is 0 Å². The standard InChI is InChI=1S/C11H13F2NO4S/c12-8-1-2-10(13)11(5-8)19(16,17)14-3-4-18-7-9(14)6-15/h1-2,5,9,15H,3-4,6-7H2. The summed E-state index contributed by atoms with van der Waals surface area (Å²) in [4.78, 5) is -0.729. The minimum absolute atomic E-state index is 0.0104. The van der Waals surface area contributed by atoms with Gasteiger partial charge in [-0.1, -0.05) is 0 Å². The summed E-state index contributed by atoms with van der Waals surface area (Å²) in [7, 11) is -4.20. The highest BCUT2D eigenvalue weighted by molar-refractivity contribution is 7.89. The first kappa shape index (κ1) is 14.3. The highest BCUT2D eigenvalue weighted by Gasteiger charge is 2.35. The van der Waals surface area contributed by atoms with E-state index in [0.717, 1.165) is 16.4 Å². The minimum Gasteiger partial charge on any atom is -0.395 e. The van der Waals surface area contributed by atoms with Crippen molar-refractivity contribution in [3.05, 3.63) is 29.8 Å². The Bertz CT molecular complexity index is 564. The molecule has 1 unspecified atom stereocenters. The van der Waals surface area contributed by atoms with Gasteiger partial charge in [-0.2, -0.15) is 4.31 Å². The molecule has 1 N–H and O–H groups in total. The summed E-state index contributed by atoms with van der Waals surface area (Å²) in [6.07, 6.45) is 0. The topological polar surface area (TPSA) is 66.8 Å². The molecule has 2 rings (SSSR count). The van der Waals surface area contributed by atoms with E-state index in [1.54, 1.807) is 0 Å². The molecule has 19 heavy (non-hydrogen) atoms. The van der Waals surface area contributed by atoms with Crippen molar-refractivity contribution in [1.82, 2.24) is 4.31 Å². The summed E-state index contributed by atoms with van der Waals surface area (Å²) in [6.45, 7) is -0.293. The Hall–Kier alpha value is -1.09. The molecular formula is C11H13F2NO4S. The molecule has 1 atom stereocenters. The predicted octanol–water partition coefficient (Wildman–Crippen LogP) is 0.347. The van der Waals surface area contributed by atoms with Crippen LogP contribution < -0.4 is 0 Å². The van der Waals surface area contributed by atoms with Gasteiger partial charge in [0, 0.05) is 6.54 Å². The number of nitrogens with zero attached hydrogens (tertiary/aromatic N) is 1. The van der Waals surface area contributed by atoms with Crippen LogP contribution in [0.3, 0.4) is 0 Å². The lowest BCUT2D eigenvalue weighted by Gasteiger charge is -2.33. The van der Waals surface area contributed by atoms with Crippen LogP contribution in [0.25, 0.3) is 0 Å². The summed E-state index contributed by atoms with van der Waals surface area (Å²) in [5, 5.41) is 9.14. The van der Waals surface area contributed by atoms with E-state index in [2.05, 4.69) is 0 Å². The lowest BCUT2D eigenvalue weighted by Crippen LogP contribution is -2.50. The number of aliphatic hydroxyl groups is 1. The van der Waals surface area contributed by atoms with E-state index < -0.39 is 39.2 Å². The Morgan fingerprint density at radius 2 is 2.16 bits per heavy atom. The van der Waals surface area contributed by atoms with Crippen molar-refractivity contribution in [2.45, 2.75) is 10.9 Å². The third-order valence-corrected chi connectivity index (χ3v) is 4.83. The Labute approximate surface area is 109 Å². The summed E-state index contributed by atoms with van der Waals surface area (Å²) >= 11 is 0. The molecule has 8 heteroatoms. The van der Waals surface area contributed by atoms with E-state index in [1.807, 2.05) is 0 Å². The fraction of sp³-hybridized carbons (Fsp3) is 0.455. The van der Waals surface area contributed by atoms with E-state index >= 15 is 0 Å². The maximum absolute atomic E-state index is 13.6. The number of halogens is 2. The van der Waals surface area contributed by atoms with Crippen LogP contribution in [-0.2, 0) is 14.8 Å². The van der Waals surface area contributed by atoms with E-state index in [9.17, 15) is 17.2 Å². The van der Waals surface area contributed by atoms with Gasteiger partial charge in [-0.3, -0.25) is 0 Å². The average molecular weight is 293 g/mol. The number of benzene rings is 1. The second-order valence-corrected chi connectivity index (χ2v) is 5.96. The van der Waals surface area contributed by atoms with Gasteiger partial charge in [0.15, 0.2) is 0 Å². The number of sulfonamides is 1. The van der Waals surface area contributed by atoms with Crippen molar-refractivity contribution in [3.8, 4) is 0 Å². The third kappa shape index (κ3) is 2.76. The molecule has 1 heterocycles. The van der Waals surface area contributed by atoms with Gasteiger partial charge in [0.25, 0.3) is 0 Å². The van der Waals surface area contributed by atoms with Gasteiger partial charge in [-0.05, 0) is 18.2 Å². The van der Waals surface area contributed by atoms with E-state index in [1.165, 1.54) is 0 Å². The normalized spacial score (nSPS) is 21.5. The van der Waals surface area contributed by atoms with Gasteiger partial charge in [0.1, 0.15) is 16.5 Å². The van der Waals surface area contributed by atoms with Gasteiger partial charge in [0.2, 0.25) is 10.0 Å². The van der Waals surface area contributed by atoms with Crippen molar-refractivity contribution in [2.75, 3.05) is 26.4 Å². The van der Waals surface area contributed by atoms with Crippen LogP contribution in [0.2, 0.25) is 0 Å². The largest absolute Gasteiger partial charge is 0.395 e. The quantitative estimate of drug-likeness (QED) is 0.873. The zero-order chi connectivity index (χ0) is 14.0. The first-order valence-electron chi connectivity index (χ1n) is 5.62. The molecule has 1 aromatic rings. The van der Waals surface area contributed by atoms with Gasteiger partial charge in [0.05, 0.1) is 25.9 Å². The van der Waals surface area contributed by atoms with E-state index in [0.29, 0.717) is 6.07 Å². The second-order valence-electron chi connectivity index (χ2n) is 4.10. The molecule has 106 valence electrons. The fourth-order valence-electron chi connectivity index (χ4n) is 1.90. The summed E-state index contributed by atoms with van der Waals surface area (Å²) < 4.78 is 57.2. The zero-order valence-corrected chi connectivity index (χ0v) is 10.7. The molecular weight excluding hydrogens is 280 g/mol.